The van der Waals surface area contributed by atoms with Crippen LogP contribution in [-0.4, -0.2) is 59.6 Å². The van der Waals surface area contributed by atoms with Gasteiger partial charge in [0, 0.05) is 26.2 Å². The van der Waals surface area contributed by atoms with E-state index in [9.17, 15) is 0 Å². The summed E-state index contributed by atoms with van der Waals surface area (Å²) in [5.41, 5.74) is 5.31. The second-order valence-electron chi connectivity index (χ2n) is 4.33. The van der Waals surface area contributed by atoms with E-state index in [0.29, 0.717) is 0 Å². The Labute approximate surface area is 85.2 Å². The van der Waals surface area contributed by atoms with Crippen molar-refractivity contribution in [2.75, 3.05) is 33.2 Å². The van der Waals surface area contributed by atoms with Gasteiger partial charge in [-0.05, 0) is 20.9 Å². The largest absolute Gasteiger partial charge is 0.409 e. The number of hydrogen-bond acceptors (Lipinski definition) is 4. The highest BCUT2D eigenvalue weighted by molar-refractivity contribution is 5.88. The van der Waals surface area contributed by atoms with Crippen LogP contribution in [0, 0.1) is 0 Å². The van der Waals surface area contributed by atoms with Gasteiger partial charge in [0.15, 0.2) is 5.84 Å². The Hall–Kier alpha value is -0.810. The molecule has 1 rings (SSSR count). The molecule has 0 radical (unpaired) electrons. The number of amidine groups is 1. The Morgan fingerprint density at radius 1 is 1.29 bits per heavy atom. The van der Waals surface area contributed by atoms with E-state index in [1.165, 1.54) is 0 Å². The lowest BCUT2D eigenvalue weighted by Crippen LogP contribution is -2.59. The maximum Gasteiger partial charge on any atom is 0.159 e. The Balaban J connectivity index is 2.64. The summed E-state index contributed by atoms with van der Waals surface area (Å²) in [7, 11) is 2.10. The van der Waals surface area contributed by atoms with E-state index in [-0.39, 0.29) is 11.4 Å². The molecule has 82 valence electrons. The molecule has 0 aromatic carbocycles. The van der Waals surface area contributed by atoms with Crippen LogP contribution < -0.4 is 5.73 Å². The minimum absolute atomic E-state index is 0.280. The molecule has 14 heavy (non-hydrogen) atoms. The monoisotopic (exact) mass is 200 g/mol. The summed E-state index contributed by atoms with van der Waals surface area (Å²) in [5, 5.41) is 11.8. The summed E-state index contributed by atoms with van der Waals surface area (Å²) in [6.45, 7) is 7.93. The third kappa shape index (κ3) is 2.16. The first kappa shape index (κ1) is 11.3. The number of nitrogens with two attached hydrogens (primary N) is 1. The lowest BCUT2D eigenvalue weighted by Gasteiger charge is -2.42. The highest BCUT2D eigenvalue weighted by atomic mass is 16.4. The Morgan fingerprint density at radius 2 is 1.79 bits per heavy atom. The molecule has 1 aliphatic heterocycles. The van der Waals surface area contributed by atoms with E-state index in [1.54, 1.807) is 0 Å². The van der Waals surface area contributed by atoms with Crippen molar-refractivity contribution in [1.29, 1.82) is 0 Å². The van der Waals surface area contributed by atoms with E-state index in [4.69, 9.17) is 10.9 Å². The van der Waals surface area contributed by atoms with Gasteiger partial charge >= 0.3 is 0 Å². The Bertz CT molecular complexity index is 219. The van der Waals surface area contributed by atoms with Gasteiger partial charge < -0.3 is 15.8 Å². The molecule has 0 spiro atoms. The lowest BCUT2D eigenvalue weighted by atomic mass is 10.0. The van der Waals surface area contributed by atoms with Crippen molar-refractivity contribution in [3.05, 3.63) is 0 Å². The fourth-order valence-electron chi connectivity index (χ4n) is 1.65. The molecule has 0 unspecified atom stereocenters. The average Bonchev–Trinajstić information content (AvgIpc) is 2.17. The van der Waals surface area contributed by atoms with Gasteiger partial charge in [-0.25, -0.2) is 0 Å². The molecule has 1 heterocycles. The van der Waals surface area contributed by atoms with Crippen LogP contribution >= 0.6 is 0 Å². The fourth-order valence-corrected chi connectivity index (χ4v) is 1.65. The van der Waals surface area contributed by atoms with Crippen LogP contribution in [0.4, 0.5) is 0 Å². The third-order valence-corrected chi connectivity index (χ3v) is 3.03. The first-order valence-corrected chi connectivity index (χ1v) is 4.90. The summed E-state index contributed by atoms with van der Waals surface area (Å²) in [4.78, 5) is 4.51. The van der Waals surface area contributed by atoms with Crippen molar-refractivity contribution in [2.24, 2.45) is 10.9 Å². The summed E-state index contributed by atoms with van der Waals surface area (Å²) < 4.78 is 0. The zero-order chi connectivity index (χ0) is 10.8. The minimum Gasteiger partial charge on any atom is -0.409 e. The van der Waals surface area contributed by atoms with Crippen LogP contribution in [0.2, 0.25) is 0 Å². The normalized spacial score (nSPS) is 22.6. The standard InChI is InChI=1S/C9H20N4O/c1-9(2,8(10)11-14)13-6-4-12(3)5-7-13/h14H,4-7H2,1-3H3,(H2,10,11). The van der Waals surface area contributed by atoms with Crippen LogP contribution in [0.25, 0.3) is 0 Å². The summed E-state index contributed by atoms with van der Waals surface area (Å²) in [6.07, 6.45) is 0. The zero-order valence-electron chi connectivity index (χ0n) is 9.19. The molecule has 0 aliphatic carbocycles. The first-order valence-electron chi connectivity index (χ1n) is 4.90. The van der Waals surface area contributed by atoms with Crippen molar-refractivity contribution in [3.63, 3.8) is 0 Å². The number of likely N-dealkylation sites (N-methyl/N-ethyl adjacent to an activating group) is 1. The Morgan fingerprint density at radius 3 is 2.21 bits per heavy atom. The zero-order valence-corrected chi connectivity index (χ0v) is 9.19. The van der Waals surface area contributed by atoms with Crippen LogP contribution in [-0.2, 0) is 0 Å². The molecule has 0 aromatic rings. The lowest BCUT2D eigenvalue weighted by molar-refractivity contribution is 0.0967. The highest BCUT2D eigenvalue weighted by Crippen LogP contribution is 2.16. The van der Waals surface area contributed by atoms with Crippen LogP contribution in [0.15, 0.2) is 5.16 Å². The number of nitrogens with zero attached hydrogens (tertiary/aromatic N) is 3. The van der Waals surface area contributed by atoms with Crippen molar-refractivity contribution in [1.82, 2.24) is 9.80 Å². The third-order valence-electron chi connectivity index (χ3n) is 3.03. The average molecular weight is 200 g/mol. The predicted octanol–water partition coefficient (Wildman–Crippen LogP) is -0.241. The van der Waals surface area contributed by atoms with Gasteiger partial charge in [-0.2, -0.15) is 0 Å². The predicted molar refractivity (Wildman–Crippen MR) is 56.6 cm³/mol. The van der Waals surface area contributed by atoms with E-state index < -0.39 is 0 Å². The summed E-state index contributed by atoms with van der Waals surface area (Å²) >= 11 is 0. The van der Waals surface area contributed by atoms with Crippen molar-refractivity contribution in [2.45, 2.75) is 19.4 Å². The molecule has 1 fully saturated rings. The number of oxime groups is 1. The number of rotatable bonds is 2. The number of hydrogen-bond donors (Lipinski definition) is 2. The second-order valence-corrected chi connectivity index (χ2v) is 4.33. The highest BCUT2D eigenvalue weighted by Gasteiger charge is 2.32. The quantitative estimate of drug-likeness (QED) is 0.279. The Kier molecular flexibility index (Phi) is 3.34. The molecule has 1 saturated heterocycles. The topological polar surface area (TPSA) is 65.1 Å². The fraction of sp³-hybridized carbons (Fsp3) is 0.889. The van der Waals surface area contributed by atoms with Gasteiger partial charge in [-0.3, -0.25) is 4.90 Å². The summed E-state index contributed by atoms with van der Waals surface area (Å²) in [5.74, 6) is 0.280. The van der Waals surface area contributed by atoms with Gasteiger partial charge in [0.05, 0.1) is 5.54 Å². The number of piperazine rings is 1. The van der Waals surface area contributed by atoms with Gasteiger partial charge in [-0.15, -0.1) is 0 Å². The molecule has 3 N–H and O–H groups in total. The van der Waals surface area contributed by atoms with Crippen molar-refractivity contribution < 1.29 is 5.21 Å². The molecule has 0 amide bonds. The molecule has 1 aliphatic rings. The first-order chi connectivity index (χ1) is 6.48. The van der Waals surface area contributed by atoms with Crippen molar-refractivity contribution >= 4 is 5.84 Å². The second kappa shape index (κ2) is 4.14. The molecule has 0 atom stereocenters. The van der Waals surface area contributed by atoms with Gasteiger partial charge in [0.25, 0.3) is 0 Å². The summed E-state index contributed by atoms with van der Waals surface area (Å²) in [6, 6.07) is 0. The van der Waals surface area contributed by atoms with Gasteiger partial charge in [-0.1, -0.05) is 5.16 Å². The van der Waals surface area contributed by atoms with E-state index in [0.717, 1.165) is 26.2 Å². The molecule has 0 aromatic heterocycles. The van der Waals surface area contributed by atoms with E-state index in [2.05, 4.69) is 22.0 Å². The molecular formula is C9H20N4O. The maximum atomic E-state index is 8.68. The van der Waals surface area contributed by atoms with E-state index >= 15 is 0 Å². The molecule has 0 bridgehead atoms. The van der Waals surface area contributed by atoms with Crippen LogP contribution in [0.3, 0.4) is 0 Å². The molecule has 0 saturated carbocycles. The maximum absolute atomic E-state index is 8.68. The minimum atomic E-state index is -0.351. The van der Waals surface area contributed by atoms with Gasteiger partial charge in [0.1, 0.15) is 0 Å². The van der Waals surface area contributed by atoms with Crippen LogP contribution in [0.1, 0.15) is 13.8 Å². The van der Waals surface area contributed by atoms with Crippen molar-refractivity contribution in [3.8, 4) is 0 Å². The SMILES string of the molecule is CN1CCN(C(C)(C)C(N)=NO)CC1. The molecule has 5 heteroatoms. The smallest absolute Gasteiger partial charge is 0.159 e. The molecule has 5 nitrogen and oxygen atoms in total. The van der Waals surface area contributed by atoms with E-state index in [1.807, 2.05) is 13.8 Å². The van der Waals surface area contributed by atoms with Crippen LogP contribution in [0.5, 0.6) is 0 Å². The van der Waals surface area contributed by atoms with Gasteiger partial charge in [0.2, 0.25) is 0 Å². The molecular weight excluding hydrogens is 180 g/mol.